The molecule has 0 fully saturated rings. The molecule has 68 valence electrons. The zero-order valence-corrected chi connectivity index (χ0v) is 8.30. The van der Waals surface area contributed by atoms with Gasteiger partial charge in [-0.05, 0) is 31.1 Å². The predicted octanol–water partition coefficient (Wildman–Crippen LogP) is 2.83. The van der Waals surface area contributed by atoms with Crippen LogP contribution in [0.2, 0.25) is 0 Å². The molecule has 0 saturated carbocycles. The average Bonchev–Trinajstić information content (AvgIpc) is 1.85. The van der Waals surface area contributed by atoms with E-state index in [1.165, 1.54) is 6.42 Å². The first kappa shape index (κ1) is 11.0. The van der Waals surface area contributed by atoms with Crippen LogP contribution in [-0.2, 0) is 0 Å². The lowest BCUT2D eigenvalue weighted by Crippen LogP contribution is -2.11. The largest absolute Gasteiger partial charge is 0.393 e. The maximum absolute atomic E-state index is 9.34. The number of aliphatic hydroxyl groups excluding tert-OH is 1. The number of rotatable bonds is 5. The summed E-state index contributed by atoms with van der Waals surface area (Å²) in [6, 6.07) is 0. The smallest absolute Gasteiger partial charge is 0.0540 e. The zero-order valence-electron chi connectivity index (χ0n) is 8.30. The summed E-state index contributed by atoms with van der Waals surface area (Å²) in [6.45, 7) is 8.72. The van der Waals surface area contributed by atoms with E-state index in [-0.39, 0.29) is 6.10 Å². The Morgan fingerprint density at radius 3 is 2.00 bits per heavy atom. The maximum atomic E-state index is 9.34. The van der Waals surface area contributed by atoms with Gasteiger partial charge in [-0.25, -0.2) is 0 Å². The number of hydrogen-bond donors (Lipinski definition) is 1. The molecule has 0 aromatic rings. The van der Waals surface area contributed by atoms with Crippen LogP contribution >= 0.6 is 0 Å². The molecule has 0 bridgehead atoms. The second-order valence-electron chi connectivity index (χ2n) is 4.03. The van der Waals surface area contributed by atoms with E-state index in [1.807, 2.05) is 6.92 Å². The quantitative estimate of drug-likeness (QED) is 0.652. The summed E-state index contributed by atoms with van der Waals surface area (Å²) >= 11 is 0. The first-order valence-electron chi connectivity index (χ1n) is 4.74. The van der Waals surface area contributed by atoms with Crippen LogP contribution in [0.4, 0.5) is 0 Å². The van der Waals surface area contributed by atoms with E-state index in [9.17, 15) is 5.11 Å². The standard InChI is InChI=1S/C10H22O/c1-5-10(11)7-9(4)6-8(2)3/h8-11H,5-7H2,1-4H3. The summed E-state index contributed by atoms with van der Waals surface area (Å²) in [5.74, 6) is 1.43. The predicted molar refractivity (Wildman–Crippen MR) is 49.5 cm³/mol. The highest BCUT2D eigenvalue weighted by Gasteiger charge is 2.09. The lowest BCUT2D eigenvalue weighted by molar-refractivity contribution is 0.136. The van der Waals surface area contributed by atoms with Crippen LogP contribution in [0.15, 0.2) is 0 Å². The summed E-state index contributed by atoms with van der Waals surface area (Å²) in [5, 5.41) is 9.34. The van der Waals surface area contributed by atoms with Gasteiger partial charge in [-0.3, -0.25) is 0 Å². The highest BCUT2D eigenvalue weighted by atomic mass is 16.3. The molecule has 0 saturated heterocycles. The Labute approximate surface area is 70.8 Å². The van der Waals surface area contributed by atoms with Crippen LogP contribution in [0, 0.1) is 11.8 Å². The minimum Gasteiger partial charge on any atom is -0.393 e. The first-order valence-corrected chi connectivity index (χ1v) is 4.74. The van der Waals surface area contributed by atoms with Crippen molar-refractivity contribution >= 4 is 0 Å². The van der Waals surface area contributed by atoms with E-state index in [0.717, 1.165) is 18.8 Å². The summed E-state index contributed by atoms with van der Waals surface area (Å²) in [4.78, 5) is 0. The van der Waals surface area contributed by atoms with Gasteiger partial charge >= 0.3 is 0 Å². The van der Waals surface area contributed by atoms with Crippen molar-refractivity contribution in [3.63, 3.8) is 0 Å². The third-order valence-corrected chi connectivity index (χ3v) is 2.02. The zero-order chi connectivity index (χ0) is 8.85. The highest BCUT2D eigenvalue weighted by Crippen LogP contribution is 2.17. The van der Waals surface area contributed by atoms with Crippen molar-refractivity contribution in [1.29, 1.82) is 0 Å². The molecule has 0 aromatic heterocycles. The molecule has 11 heavy (non-hydrogen) atoms. The van der Waals surface area contributed by atoms with Crippen molar-refractivity contribution < 1.29 is 5.11 Å². The molecule has 0 spiro atoms. The summed E-state index contributed by atoms with van der Waals surface area (Å²) in [5.41, 5.74) is 0. The average molecular weight is 158 g/mol. The molecule has 1 heteroatoms. The van der Waals surface area contributed by atoms with Crippen molar-refractivity contribution in [2.24, 2.45) is 11.8 Å². The van der Waals surface area contributed by atoms with E-state index in [0.29, 0.717) is 5.92 Å². The molecular weight excluding hydrogens is 136 g/mol. The Hall–Kier alpha value is -0.0400. The van der Waals surface area contributed by atoms with Crippen molar-refractivity contribution in [3.05, 3.63) is 0 Å². The van der Waals surface area contributed by atoms with Crippen LogP contribution in [0.3, 0.4) is 0 Å². The van der Waals surface area contributed by atoms with E-state index >= 15 is 0 Å². The maximum Gasteiger partial charge on any atom is 0.0540 e. The SMILES string of the molecule is CCC(O)CC(C)CC(C)C. The number of aliphatic hydroxyl groups is 1. The molecule has 0 aliphatic heterocycles. The van der Waals surface area contributed by atoms with E-state index < -0.39 is 0 Å². The number of hydrogen-bond acceptors (Lipinski definition) is 1. The Kier molecular flexibility index (Phi) is 5.57. The molecule has 2 atom stereocenters. The molecule has 0 rings (SSSR count). The minimum absolute atomic E-state index is 0.0799. The second kappa shape index (κ2) is 5.59. The van der Waals surface area contributed by atoms with Gasteiger partial charge in [-0.1, -0.05) is 27.7 Å². The van der Waals surface area contributed by atoms with Crippen LogP contribution in [-0.4, -0.2) is 11.2 Å². The normalized spacial score (nSPS) is 16.9. The van der Waals surface area contributed by atoms with Gasteiger partial charge in [0, 0.05) is 0 Å². The van der Waals surface area contributed by atoms with E-state index in [2.05, 4.69) is 20.8 Å². The van der Waals surface area contributed by atoms with Crippen LogP contribution in [0.5, 0.6) is 0 Å². The fraction of sp³-hybridized carbons (Fsp3) is 1.00. The van der Waals surface area contributed by atoms with Crippen molar-refractivity contribution in [2.75, 3.05) is 0 Å². The van der Waals surface area contributed by atoms with E-state index in [4.69, 9.17) is 0 Å². The summed E-state index contributed by atoms with van der Waals surface area (Å²) < 4.78 is 0. The van der Waals surface area contributed by atoms with Gasteiger partial charge in [0.05, 0.1) is 6.10 Å². The van der Waals surface area contributed by atoms with Crippen molar-refractivity contribution in [3.8, 4) is 0 Å². The van der Waals surface area contributed by atoms with Gasteiger partial charge in [-0.2, -0.15) is 0 Å². The van der Waals surface area contributed by atoms with Gasteiger partial charge < -0.3 is 5.11 Å². The summed E-state index contributed by atoms with van der Waals surface area (Å²) in [6.07, 6.45) is 3.01. The second-order valence-corrected chi connectivity index (χ2v) is 4.03. The van der Waals surface area contributed by atoms with Crippen LogP contribution in [0.25, 0.3) is 0 Å². The Morgan fingerprint density at radius 2 is 1.64 bits per heavy atom. The molecule has 0 aromatic carbocycles. The third kappa shape index (κ3) is 6.36. The molecule has 0 heterocycles. The van der Waals surface area contributed by atoms with E-state index in [1.54, 1.807) is 0 Å². The topological polar surface area (TPSA) is 20.2 Å². The Balaban J connectivity index is 3.43. The first-order chi connectivity index (χ1) is 5.06. The summed E-state index contributed by atoms with van der Waals surface area (Å²) in [7, 11) is 0. The van der Waals surface area contributed by atoms with Gasteiger partial charge in [-0.15, -0.1) is 0 Å². The van der Waals surface area contributed by atoms with Gasteiger partial charge in [0.25, 0.3) is 0 Å². The van der Waals surface area contributed by atoms with Crippen LogP contribution < -0.4 is 0 Å². The third-order valence-electron chi connectivity index (χ3n) is 2.02. The van der Waals surface area contributed by atoms with Crippen molar-refractivity contribution in [2.45, 2.75) is 53.1 Å². The fourth-order valence-corrected chi connectivity index (χ4v) is 1.53. The monoisotopic (exact) mass is 158 g/mol. The highest BCUT2D eigenvalue weighted by molar-refractivity contribution is 4.61. The fourth-order valence-electron chi connectivity index (χ4n) is 1.53. The molecule has 0 amide bonds. The van der Waals surface area contributed by atoms with Gasteiger partial charge in [0.15, 0.2) is 0 Å². The Morgan fingerprint density at radius 1 is 1.09 bits per heavy atom. The Bertz CT molecular complexity index is 88.9. The molecular formula is C10H22O. The molecule has 0 radical (unpaired) electrons. The molecule has 2 unspecified atom stereocenters. The van der Waals surface area contributed by atoms with Gasteiger partial charge in [0.2, 0.25) is 0 Å². The molecule has 1 N–H and O–H groups in total. The lowest BCUT2D eigenvalue weighted by atomic mass is 9.93. The van der Waals surface area contributed by atoms with Crippen molar-refractivity contribution in [1.82, 2.24) is 0 Å². The van der Waals surface area contributed by atoms with Crippen LogP contribution in [0.1, 0.15) is 47.0 Å². The lowest BCUT2D eigenvalue weighted by Gasteiger charge is -2.16. The molecule has 1 nitrogen and oxygen atoms in total. The molecule has 0 aliphatic carbocycles. The molecule has 0 aliphatic rings. The minimum atomic E-state index is -0.0799. The van der Waals surface area contributed by atoms with Gasteiger partial charge in [0.1, 0.15) is 0 Å².